The molecule has 0 fully saturated rings. The van der Waals surface area contributed by atoms with E-state index in [1.54, 1.807) is 18.2 Å². The summed E-state index contributed by atoms with van der Waals surface area (Å²) in [6, 6.07) is 9.99. The molecule has 5 heteroatoms. The first-order valence-electron chi connectivity index (χ1n) is 4.96. The van der Waals surface area contributed by atoms with Gasteiger partial charge in [0.1, 0.15) is 6.07 Å². The SMILES string of the molecule is Cc1cc(C#N)c(-c2cccc([N+](=O)[O-])c2)[nH]1. The molecule has 0 amide bonds. The summed E-state index contributed by atoms with van der Waals surface area (Å²) in [5.74, 6) is 0. The Morgan fingerprint density at radius 2 is 2.18 bits per heavy atom. The molecule has 0 aliphatic carbocycles. The van der Waals surface area contributed by atoms with E-state index in [0.29, 0.717) is 16.8 Å². The number of hydrogen-bond acceptors (Lipinski definition) is 3. The minimum atomic E-state index is -0.453. The quantitative estimate of drug-likeness (QED) is 0.632. The maximum atomic E-state index is 10.7. The molecule has 5 nitrogen and oxygen atoms in total. The number of aromatic amines is 1. The number of H-pyrrole nitrogens is 1. The van der Waals surface area contributed by atoms with Crippen LogP contribution >= 0.6 is 0 Å². The number of rotatable bonds is 2. The molecular formula is C12H9N3O2. The van der Waals surface area contributed by atoms with Crippen LogP contribution < -0.4 is 0 Å². The predicted octanol–water partition coefficient (Wildman–Crippen LogP) is 2.77. The third-order valence-corrected chi connectivity index (χ3v) is 2.42. The van der Waals surface area contributed by atoms with E-state index in [-0.39, 0.29) is 5.69 Å². The number of nitrogens with one attached hydrogen (secondary N) is 1. The van der Waals surface area contributed by atoms with Crippen LogP contribution in [0.15, 0.2) is 30.3 Å². The number of nitro groups is 1. The van der Waals surface area contributed by atoms with Crippen LogP contribution in [0.5, 0.6) is 0 Å². The molecule has 0 atom stereocenters. The molecule has 0 aliphatic heterocycles. The first kappa shape index (κ1) is 10.9. The van der Waals surface area contributed by atoms with E-state index >= 15 is 0 Å². The van der Waals surface area contributed by atoms with Gasteiger partial charge in [0.2, 0.25) is 0 Å². The highest BCUT2D eigenvalue weighted by molar-refractivity contribution is 5.69. The van der Waals surface area contributed by atoms with Crippen molar-refractivity contribution in [1.82, 2.24) is 4.98 Å². The van der Waals surface area contributed by atoms with Crippen molar-refractivity contribution in [1.29, 1.82) is 5.26 Å². The molecule has 0 saturated carbocycles. The van der Waals surface area contributed by atoms with E-state index in [0.717, 1.165) is 5.69 Å². The molecule has 2 rings (SSSR count). The second-order valence-electron chi connectivity index (χ2n) is 3.66. The summed E-state index contributed by atoms with van der Waals surface area (Å²) < 4.78 is 0. The number of aryl methyl sites for hydroxylation is 1. The van der Waals surface area contributed by atoms with Crippen LogP contribution in [0.25, 0.3) is 11.3 Å². The monoisotopic (exact) mass is 227 g/mol. The molecule has 1 aromatic carbocycles. The van der Waals surface area contributed by atoms with Gasteiger partial charge in [0.05, 0.1) is 16.2 Å². The van der Waals surface area contributed by atoms with Crippen molar-refractivity contribution in [3.63, 3.8) is 0 Å². The lowest BCUT2D eigenvalue weighted by Gasteiger charge is -1.99. The summed E-state index contributed by atoms with van der Waals surface area (Å²) in [6.45, 7) is 1.84. The fraction of sp³-hybridized carbons (Fsp3) is 0.0833. The Hall–Kier alpha value is -2.61. The smallest absolute Gasteiger partial charge is 0.270 e. The van der Waals surface area contributed by atoms with Gasteiger partial charge >= 0.3 is 0 Å². The van der Waals surface area contributed by atoms with Gasteiger partial charge < -0.3 is 4.98 Å². The molecule has 0 unspecified atom stereocenters. The molecule has 17 heavy (non-hydrogen) atoms. The summed E-state index contributed by atoms with van der Waals surface area (Å²) in [7, 11) is 0. The van der Waals surface area contributed by atoms with Crippen LogP contribution in [0.3, 0.4) is 0 Å². The number of hydrogen-bond donors (Lipinski definition) is 1. The average Bonchev–Trinajstić information content (AvgIpc) is 2.70. The molecule has 1 aromatic heterocycles. The number of benzene rings is 1. The topological polar surface area (TPSA) is 82.7 Å². The van der Waals surface area contributed by atoms with Crippen molar-refractivity contribution < 1.29 is 4.92 Å². The number of nitrogens with zero attached hydrogens (tertiary/aromatic N) is 2. The summed E-state index contributed by atoms with van der Waals surface area (Å²) >= 11 is 0. The van der Waals surface area contributed by atoms with Gasteiger partial charge in [0.15, 0.2) is 0 Å². The van der Waals surface area contributed by atoms with Crippen molar-refractivity contribution in [2.24, 2.45) is 0 Å². The zero-order valence-corrected chi connectivity index (χ0v) is 9.10. The maximum Gasteiger partial charge on any atom is 0.270 e. The molecule has 0 spiro atoms. The summed E-state index contributed by atoms with van der Waals surface area (Å²) in [5, 5.41) is 19.6. The second kappa shape index (κ2) is 4.10. The Morgan fingerprint density at radius 3 is 2.82 bits per heavy atom. The normalized spacial score (nSPS) is 9.88. The van der Waals surface area contributed by atoms with Gasteiger partial charge in [-0.2, -0.15) is 5.26 Å². The lowest BCUT2D eigenvalue weighted by molar-refractivity contribution is -0.384. The van der Waals surface area contributed by atoms with Crippen LogP contribution in [-0.2, 0) is 0 Å². The Morgan fingerprint density at radius 1 is 1.41 bits per heavy atom. The van der Waals surface area contributed by atoms with Crippen LogP contribution in [-0.4, -0.2) is 9.91 Å². The van der Waals surface area contributed by atoms with Gasteiger partial charge in [0.25, 0.3) is 5.69 Å². The van der Waals surface area contributed by atoms with Gasteiger partial charge in [-0.25, -0.2) is 0 Å². The highest BCUT2D eigenvalue weighted by atomic mass is 16.6. The molecule has 0 radical (unpaired) electrons. The lowest BCUT2D eigenvalue weighted by atomic mass is 10.1. The molecule has 2 aromatic rings. The Balaban J connectivity index is 2.57. The number of aromatic nitrogens is 1. The standard InChI is InChI=1S/C12H9N3O2/c1-8-5-10(7-13)12(14-8)9-3-2-4-11(6-9)15(16)17/h2-6,14H,1H3. The summed E-state index contributed by atoms with van der Waals surface area (Å²) in [6.07, 6.45) is 0. The van der Waals surface area contributed by atoms with E-state index in [4.69, 9.17) is 5.26 Å². The van der Waals surface area contributed by atoms with E-state index in [9.17, 15) is 10.1 Å². The van der Waals surface area contributed by atoms with Crippen LogP contribution in [0.1, 0.15) is 11.3 Å². The van der Waals surface area contributed by atoms with Crippen LogP contribution in [0.2, 0.25) is 0 Å². The molecule has 0 aliphatic rings. The average molecular weight is 227 g/mol. The molecule has 1 N–H and O–H groups in total. The van der Waals surface area contributed by atoms with Crippen molar-refractivity contribution in [2.45, 2.75) is 6.92 Å². The van der Waals surface area contributed by atoms with Crippen LogP contribution in [0.4, 0.5) is 5.69 Å². The fourth-order valence-corrected chi connectivity index (χ4v) is 1.68. The Kier molecular flexibility index (Phi) is 2.63. The van der Waals surface area contributed by atoms with Gasteiger partial charge in [-0.3, -0.25) is 10.1 Å². The first-order valence-corrected chi connectivity index (χ1v) is 4.96. The van der Waals surface area contributed by atoms with E-state index in [2.05, 4.69) is 11.1 Å². The van der Waals surface area contributed by atoms with Gasteiger partial charge in [-0.1, -0.05) is 12.1 Å². The summed E-state index contributed by atoms with van der Waals surface area (Å²) in [5.41, 5.74) is 2.61. The third kappa shape index (κ3) is 2.01. The minimum Gasteiger partial charge on any atom is -0.358 e. The Bertz CT molecular complexity index is 623. The van der Waals surface area contributed by atoms with Crippen molar-refractivity contribution >= 4 is 5.69 Å². The number of non-ortho nitro benzene ring substituents is 1. The maximum absolute atomic E-state index is 10.7. The summed E-state index contributed by atoms with van der Waals surface area (Å²) in [4.78, 5) is 13.3. The van der Waals surface area contributed by atoms with E-state index in [1.165, 1.54) is 12.1 Å². The molecule has 84 valence electrons. The molecular weight excluding hydrogens is 218 g/mol. The molecule has 0 saturated heterocycles. The third-order valence-electron chi connectivity index (χ3n) is 2.42. The van der Waals surface area contributed by atoms with Crippen molar-refractivity contribution in [3.8, 4) is 17.3 Å². The zero-order valence-electron chi connectivity index (χ0n) is 9.10. The minimum absolute atomic E-state index is 0.0126. The highest BCUT2D eigenvalue weighted by Gasteiger charge is 2.11. The van der Waals surface area contributed by atoms with Gasteiger partial charge in [0, 0.05) is 23.4 Å². The van der Waals surface area contributed by atoms with Gasteiger partial charge in [-0.15, -0.1) is 0 Å². The van der Waals surface area contributed by atoms with Gasteiger partial charge in [-0.05, 0) is 13.0 Å². The van der Waals surface area contributed by atoms with E-state index < -0.39 is 4.92 Å². The lowest BCUT2D eigenvalue weighted by Crippen LogP contribution is -1.89. The fourth-order valence-electron chi connectivity index (χ4n) is 1.68. The molecule has 1 heterocycles. The Labute approximate surface area is 97.5 Å². The number of nitriles is 1. The second-order valence-corrected chi connectivity index (χ2v) is 3.66. The van der Waals surface area contributed by atoms with Crippen molar-refractivity contribution in [2.75, 3.05) is 0 Å². The highest BCUT2D eigenvalue weighted by Crippen LogP contribution is 2.26. The van der Waals surface area contributed by atoms with Crippen molar-refractivity contribution in [3.05, 3.63) is 51.7 Å². The van der Waals surface area contributed by atoms with Crippen LogP contribution in [0, 0.1) is 28.4 Å². The predicted molar refractivity (Wildman–Crippen MR) is 62.3 cm³/mol. The number of nitro benzene ring substituents is 1. The zero-order chi connectivity index (χ0) is 12.4. The molecule has 0 bridgehead atoms. The first-order chi connectivity index (χ1) is 8.11. The largest absolute Gasteiger partial charge is 0.358 e. The van der Waals surface area contributed by atoms with E-state index in [1.807, 2.05) is 6.92 Å².